The average Bonchev–Trinajstić information content (AvgIpc) is 3.40. The fourth-order valence-electron chi connectivity index (χ4n) is 3.41. The van der Waals surface area contributed by atoms with E-state index in [2.05, 4.69) is 25.5 Å². The van der Waals surface area contributed by atoms with Crippen molar-refractivity contribution in [1.29, 1.82) is 0 Å². The standard InChI is InChI=1S/C21H22ClN5O4S/c1-11-6-14(15-7-18(22)24-9-17(15)29-3)16(8-23-11)19(28)25-20-26-27-21(32-20)31-10-13-4-5-30-12(13)2/h6-9,12-13H,4-5,10H2,1-3H3,(H,25,26,28). The predicted octanol–water partition coefficient (Wildman–Crippen LogP) is 4.02. The van der Waals surface area contributed by atoms with E-state index in [9.17, 15) is 4.79 Å². The maximum absolute atomic E-state index is 13.1. The van der Waals surface area contributed by atoms with Crippen LogP contribution in [0.15, 0.2) is 24.5 Å². The molecule has 32 heavy (non-hydrogen) atoms. The summed E-state index contributed by atoms with van der Waals surface area (Å²) in [6, 6.07) is 3.44. The third kappa shape index (κ3) is 4.98. The number of nitrogens with one attached hydrogen (secondary N) is 1. The molecule has 1 fully saturated rings. The largest absolute Gasteiger partial charge is 0.494 e. The molecule has 1 amide bonds. The van der Waals surface area contributed by atoms with Crippen LogP contribution >= 0.6 is 22.9 Å². The molecule has 1 aliphatic heterocycles. The number of nitrogens with zero attached hydrogens (tertiary/aromatic N) is 4. The minimum atomic E-state index is -0.386. The first-order valence-electron chi connectivity index (χ1n) is 10.0. The number of hydrogen-bond donors (Lipinski definition) is 1. The van der Waals surface area contributed by atoms with E-state index < -0.39 is 0 Å². The summed E-state index contributed by atoms with van der Waals surface area (Å²) in [5.41, 5.74) is 2.33. The van der Waals surface area contributed by atoms with E-state index in [1.54, 1.807) is 12.1 Å². The Labute approximate surface area is 194 Å². The molecular weight excluding hydrogens is 454 g/mol. The third-order valence-corrected chi connectivity index (χ3v) is 6.17. The second-order valence-corrected chi connectivity index (χ2v) is 8.67. The zero-order valence-corrected chi connectivity index (χ0v) is 19.4. The minimum absolute atomic E-state index is 0.160. The van der Waals surface area contributed by atoms with Crippen LogP contribution in [0.5, 0.6) is 10.9 Å². The van der Waals surface area contributed by atoms with Gasteiger partial charge in [0.05, 0.1) is 31.6 Å². The van der Waals surface area contributed by atoms with Crippen LogP contribution in [-0.4, -0.2) is 52.5 Å². The molecule has 1 aliphatic rings. The van der Waals surface area contributed by atoms with Gasteiger partial charge in [-0.05, 0) is 43.7 Å². The van der Waals surface area contributed by atoms with Gasteiger partial charge in [-0.25, -0.2) is 4.98 Å². The van der Waals surface area contributed by atoms with Gasteiger partial charge in [0.15, 0.2) is 0 Å². The molecule has 1 saturated heterocycles. The third-order valence-electron chi connectivity index (χ3n) is 5.21. The Kier molecular flexibility index (Phi) is 6.83. The fourth-order valence-corrected chi connectivity index (χ4v) is 4.17. The quantitative estimate of drug-likeness (QED) is 0.510. The molecule has 4 heterocycles. The SMILES string of the molecule is COc1cnc(Cl)cc1-c1cc(C)ncc1C(=O)Nc1nnc(OCC2CCOC2C)s1. The van der Waals surface area contributed by atoms with Gasteiger partial charge in [0.2, 0.25) is 5.13 Å². The number of ether oxygens (including phenoxy) is 3. The Morgan fingerprint density at radius 1 is 1.28 bits per heavy atom. The lowest BCUT2D eigenvalue weighted by Gasteiger charge is -2.13. The summed E-state index contributed by atoms with van der Waals surface area (Å²) in [5.74, 6) is 0.425. The zero-order chi connectivity index (χ0) is 22.7. The maximum Gasteiger partial charge on any atom is 0.295 e. The number of methoxy groups -OCH3 is 1. The van der Waals surface area contributed by atoms with Gasteiger partial charge < -0.3 is 14.2 Å². The number of rotatable bonds is 7. The zero-order valence-electron chi connectivity index (χ0n) is 17.8. The van der Waals surface area contributed by atoms with Crippen molar-refractivity contribution in [2.75, 3.05) is 25.6 Å². The van der Waals surface area contributed by atoms with Crippen molar-refractivity contribution in [2.24, 2.45) is 5.92 Å². The van der Waals surface area contributed by atoms with E-state index in [-0.39, 0.29) is 17.2 Å². The van der Waals surface area contributed by atoms with Crippen molar-refractivity contribution in [3.63, 3.8) is 0 Å². The Morgan fingerprint density at radius 3 is 2.88 bits per heavy atom. The average molecular weight is 476 g/mol. The molecule has 11 heteroatoms. The summed E-state index contributed by atoms with van der Waals surface area (Å²) < 4.78 is 16.7. The van der Waals surface area contributed by atoms with Crippen molar-refractivity contribution < 1.29 is 19.0 Å². The highest BCUT2D eigenvalue weighted by atomic mass is 35.5. The number of carbonyl (C=O) groups excluding carboxylic acids is 1. The number of pyridine rings is 2. The molecule has 0 bridgehead atoms. The molecule has 2 atom stereocenters. The van der Waals surface area contributed by atoms with E-state index >= 15 is 0 Å². The molecule has 4 rings (SSSR count). The van der Waals surface area contributed by atoms with Gasteiger partial charge >= 0.3 is 0 Å². The van der Waals surface area contributed by atoms with Gasteiger partial charge in [-0.3, -0.25) is 15.1 Å². The van der Waals surface area contributed by atoms with E-state index in [1.165, 1.54) is 19.5 Å². The summed E-state index contributed by atoms with van der Waals surface area (Å²) in [7, 11) is 1.53. The summed E-state index contributed by atoms with van der Waals surface area (Å²) in [6.45, 7) is 5.11. The van der Waals surface area contributed by atoms with E-state index in [0.717, 1.165) is 30.1 Å². The Balaban J connectivity index is 1.52. The topological polar surface area (TPSA) is 108 Å². The van der Waals surface area contributed by atoms with Gasteiger partial charge in [-0.1, -0.05) is 16.7 Å². The van der Waals surface area contributed by atoms with Gasteiger partial charge in [0.1, 0.15) is 10.9 Å². The number of aryl methyl sites for hydroxylation is 1. The smallest absolute Gasteiger partial charge is 0.295 e. The van der Waals surface area contributed by atoms with Crippen LogP contribution in [0, 0.1) is 12.8 Å². The van der Waals surface area contributed by atoms with Crippen molar-refractivity contribution in [1.82, 2.24) is 20.2 Å². The van der Waals surface area contributed by atoms with Crippen LogP contribution in [-0.2, 0) is 4.74 Å². The molecule has 1 N–H and O–H groups in total. The first-order chi connectivity index (χ1) is 15.4. The normalized spacial score (nSPS) is 17.9. The Hall–Kier alpha value is -2.82. The summed E-state index contributed by atoms with van der Waals surface area (Å²) in [5, 5.41) is 11.8. The van der Waals surface area contributed by atoms with Crippen molar-refractivity contribution in [3.8, 4) is 22.1 Å². The molecule has 9 nitrogen and oxygen atoms in total. The first-order valence-corrected chi connectivity index (χ1v) is 11.2. The molecule has 2 unspecified atom stereocenters. The lowest BCUT2D eigenvalue weighted by Crippen LogP contribution is -2.19. The van der Waals surface area contributed by atoms with Crippen LogP contribution in [0.2, 0.25) is 5.15 Å². The summed E-state index contributed by atoms with van der Waals surface area (Å²) in [4.78, 5) is 21.4. The first kappa shape index (κ1) is 22.4. The molecule has 0 aliphatic carbocycles. The Morgan fingerprint density at radius 2 is 2.12 bits per heavy atom. The van der Waals surface area contributed by atoms with Crippen LogP contribution < -0.4 is 14.8 Å². The van der Waals surface area contributed by atoms with Gasteiger partial charge in [0, 0.05) is 35.5 Å². The molecule has 3 aromatic heterocycles. The van der Waals surface area contributed by atoms with Crippen molar-refractivity contribution >= 4 is 34.0 Å². The number of aromatic nitrogens is 4. The highest BCUT2D eigenvalue weighted by molar-refractivity contribution is 7.17. The van der Waals surface area contributed by atoms with E-state index in [0.29, 0.717) is 45.3 Å². The second-order valence-electron chi connectivity index (χ2n) is 7.34. The van der Waals surface area contributed by atoms with E-state index in [1.807, 2.05) is 13.8 Å². The number of hydrogen-bond acceptors (Lipinski definition) is 9. The summed E-state index contributed by atoms with van der Waals surface area (Å²) in [6.07, 6.45) is 4.14. The van der Waals surface area contributed by atoms with Crippen LogP contribution in [0.1, 0.15) is 29.4 Å². The molecule has 0 radical (unpaired) electrons. The van der Waals surface area contributed by atoms with Crippen molar-refractivity contribution in [2.45, 2.75) is 26.4 Å². The van der Waals surface area contributed by atoms with Crippen LogP contribution in [0.4, 0.5) is 5.13 Å². The summed E-state index contributed by atoms with van der Waals surface area (Å²) >= 11 is 7.25. The van der Waals surface area contributed by atoms with Crippen molar-refractivity contribution in [3.05, 3.63) is 40.9 Å². The predicted molar refractivity (Wildman–Crippen MR) is 121 cm³/mol. The van der Waals surface area contributed by atoms with Gasteiger partial charge in [0.25, 0.3) is 11.1 Å². The number of halogens is 1. The highest BCUT2D eigenvalue weighted by Gasteiger charge is 2.25. The second kappa shape index (κ2) is 9.76. The highest BCUT2D eigenvalue weighted by Crippen LogP contribution is 2.34. The molecular formula is C21H22ClN5O4S. The maximum atomic E-state index is 13.1. The number of anilines is 1. The fraction of sp³-hybridized carbons (Fsp3) is 0.381. The molecule has 168 valence electrons. The molecule has 0 saturated carbocycles. The molecule has 3 aromatic rings. The number of amides is 1. The van der Waals surface area contributed by atoms with Gasteiger partial charge in [-0.2, -0.15) is 0 Å². The lowest BCUT2D eigenvalue weighted by molar-refractivity contribution is 0.0903. The minimum Gasteiger partial charge on any atom is -0.494 e. The lowest BCUT2D eigenvalue weighted by atomic mass is 10.0. The van der Waals surface area contributed by atoms with Crippen LogP contribution in [0.25, 0.3) is 11.1 Å². The monoisotopic (exact) mass is 475 g/mol. The van der Waals surface area contributed by atoms with Gasteiger partial charge in [-0.15, -0.1) is 5.10 Å². The van der Waals surface area contributed by atoms with E-state index in [4.69, 9.17) is 25.8 Å². The molecule has 0 aromatic carbocycles. The number of carbonyl (C=O) groups is 1. The Bertz CT molecular complexity index is 1130. The molecule has 0 spiro atoms. The van der Waals surface area contributed by atoms with Crippen LogP contribution in [0.3, 0.4) is 0 Å².